The molecule has 33 heavy (non-hydrogen) atoms. The summed E-state index contributed by atoms with van der Waals surface area (Å²) in [7, 11) is 0. The van der Waals surface area contributed by atoms with Gasteiger partial charge >= 0.3 is 5.97 Å². The van der Waals surface area contributed by atoms with Crippen LogP contribution in [0.4, 0.5) is 0 Å². The van der Waals surface area contributed by atoms with E-state index >= 15 is 0 Å². The van der Waals surface area contributed by atoms with Crippen molar-refractivity contribution in [3.05, 3.63) is 35.6 Å². The third-order valence-electron chi connectivity index (χ3n) is 6.42. The third-order valence-corrected chi connectivity index (χ3v) is 6.42. The number of aliphatic hydroxyl groups is 1. The van der Waals surface area contributed by atoms with Crippen LogP contribution in [0.2, 0.25) is 0 Å². The standard InChI is InChI=1S/C20H24N8O5/c1-13-15(11-32-17(13)30)27-6-7-33-20(18(27)31)2-4-26(5-3-20)10-16(29)14-8-21-19(22-9-14)28-12-23-24-25-28/h8-9,12,16,29H,2-7,10-11H2,1H3. The Morgan fingerprint density at radius 3 is 2.58 bits per heavy atom. The molecule has 1 N–H and O–H groups in total. The van der Waals surface area contributed by atoms with E-state index in [-0.39, 0.29) is 18.5 Å². The Bertz CT molecular complexity index is 1060. The molecule has 0 saturated carbocycles. The van der Waals surface area contributed by atoms with E-state index in [1.54, 1.807) is 24.2 Å². The summed E-state index contributed by atoms with van der Waals surface area (Å²) in [6.07, 6.45) is 4.71. The van der Waals surface area contributed by atoms with Crippen LogP contribution in [-0.2, 0) is 19.1 Å². The summed E-state index contributed by atoms with van der Waals surface area (Å²) in [5.74, 6) is -0.182. The number of carbonyl (C=O) groups is 2. The summed E-state index contributed by atoms with van der Waals surface area (Å²) in [6, 6.07) is 0. The molecule has 3 aliphatic rings. The minimum atomic E-state index is -0.908. The van der Waals surface area contributed by atoms with Crippen LogP contribution in [0.3, 0.4) is 0 Å². The first-order valence-corrected chi connectivity index (χ1v) is 10.8. The molecule has 0 bridgehead atoms. The predicted octanol–water partition coefficient (Wildman–Crippen LogP) is -0.990. The number of nitrogens with zero attached hydrogens (tertiary/aromatic N) is 8. The molecule has 0 radical (unpaired) electrons. The molecule has 2 saturated heterocycles. The lowest BCUT2D eigenvalue weighted by Crippen LogP contribution is -2.60. The van der Waals surface area contributed by atoms with Crippen molar-refractivity contribution in [2.75, 3.05) is 39.4 Å². The van der Waals surface area contributed by atoms with E-state index in [2.05, 4.69) is 30.4 Å². The summed E-state index contributed by atoms with van der Waals surface area (Å²) in [5.41, 5.74) is 0.788. The van der Waals surface area contributed by atoms with E-state index in [0.29, 0.717) is 68.4 Å². The zero-order chi connectivity index (χ0) is 23.0. The Labute approximate surface area is 189 Å². The highest BCUT2D eigenvalue weighted by atomic mass is 16.5. The highest BCUT2D eigenvalue weighted by molar-refractivity contribution is 5.94. The molecule has 1 unspecified atom stereocenters. The van der Waals surface area contributed by atoms with Gasteiger partial charge in [0.15, 0.2) is 0 Å². The van der Waals surface area contributed by atoms with Gasteiger partial charge in [-0.15, -0.1) is 5.10 Å². The molecule has 13 heteroatoms. The highest BCUT2D eigenvalue weighted by Crippen LogP contribution is 2.34. The Morgan fingerprint density at radius 1 is 1.18 bits per heavy atom. The maximum Gasteiger partial charge on any atom is 0.336 e. The maximum absolute atomic E-state index is 13.3. The van der Waals surface area contributed by atoms with Gasteiger partial charge in [-0.05, 0) is 30.2 Å². The van der Waals surface area contributed by atoms with Crippen molar-refractivity contribution in [3.63, 3.8) is 0 Å². The molecule has 3 aliphatic heterocycles. The van der Waals surface area contributed by atoms with Crippen molar-refractivity contribution in [1.29, 1.82) is 0 Å². The lowest BCUT2D eigenvalue weighted by atomic mass is 9.87. The topological polar surface area (TPSA) is 149 Å². The van der Waals surface area contributed by atoms with Crippen LogP contribution in [0.15, 0.2) is 30.0 Å². The summed E-state index contributed by atoms with van der Waals surface area (Å²) in [6.45, 7) is 4.19. The van der Waals surface area contributed by atoms with E-state index in [9.17, 15) is 14.7 Å². The number of hydrogen-bond donors (Lipinski definition) is 1. The number of piperidine rings is 1. The number of rotatable bonds is 5. The summed E-state index contributed by atoms with van der Waals surface area (Å²) < 4.78 is 12.4. The van der Waals surface area contributed by atoms with Crippen LogP contribution >= 0.6 is 0 Å². The van der Waals surface area contributed by atoms with Crippen molar-refractivity contribution in [2.45, 2.75) is 31.5 Å². The van der Waals surface area contributed by atoms with Gasteiger partial charge < -0.3 is 24.4 Å². The Kier molecular flexibility index (Phi) is 5.60. The number of hydrogen-bond acceptors (Lipinski definition) is 11. The van der Waals surface area contributed by atoms with Gasteiger partial charge in [-0.3, -0.25) is 4.79 Å². The van der Waals surface area contributed by atoms with Gasteiger partial charge in [0.05, 0.1) is 24.0 Å². The molecule has 1 amide bonds. The molecule has 2 fully saturated rings. The fraction of sp³-hybridized carbons (Fsp3) is 0.550. The zero-order valence-electron chi connectivity index (χ0n) is 18.1. The second-order valence-corrected chi connectivity index (χ2v) is 8.33. The minimum Gasteiger partial charge on any atom is -0.456 e. The number of morpholine rings is 1. The van der Waals surface area contributed by atoms with E-state index in [4.69, 9.17) is 9.47 Å². The lowest BCUT2D eigenvalue weighted by Gasteiger charge is -2.46. The number of carbonyl (C=O) groups excluding carboxylic acids is 2. The number of tetrazole rings is 1. The minimum absolute atomic E-state index is 0.117. The van der Waals surface area contributed by atoms with Gasteiger partial charge in [0.25, 0.3) is 11.9 Å². The smallest absolute Gasteiger partial charge is 0.336 e. The number of cyclic esters (lactones) is 1. The highest BCUT2D eigenvalue weighted by Gasteiger charge is 2.49. The van der Waals surface area contributed by atoms with Crippen LogP contribution in [0.1, 0.15) is 31.4 Å². The third kappa shape index (κ3) is 3.98. The van der Waals surface area contributed by atoms with Crippen LogP contribution in [0, 0.1) is 0 Å². The molecule has 2 aromatic heterocycles. The summed E-state index contributed by atoms with van der Waals surface area (Å²) in [5, 5.41) is 21.5. The average molecular weight is 456 g/mol. The van der Waals surface area contributed by atoms with Crippen LogP contribution in [-0.4, -0.2) is 102 Å². The monoisotopic (exact) mass is 456 g/mol. The second kappa shape index (κ2) is 8.57. The molecule has 0 aromatic carbocycles. The molecule has 1 spiro atoms. The first-order chi connectivity index (χ1) is 16.0. The molecule has 13 nitrogen and oxygen atoms in total. The molecule has 1 atom stereocenters. The largest absolute Gasteiger partial charge is 0.456 e. The number of aliphatic hydroxyl groups excluding tert-OH is 1. The van der Waals surface area contributed by atoms with Gasteiger partial charge in [0, 0.05) is 44.1 Å². The van der Waals surface area contributed by atoms with Crippen molar-refractivity contribution >= 4 is 11.9 Å². The van der Waals surface area contributed by atoms with Gasteiger partial charge in [0.1, 0.15) is 18.5 Å². The first kappa shape index (κ1) is 21.6. The van der Waals surface area contributed by atoms with Crippen LogP contribution in [0.5, 0.6) is 0 Å². The quantitative estimate of drug-likeness (QED) is 0.553. The number of esters is 1. The molecular weight excluding hydrogens is 432 g/mol. The number of β-amino-alcohol motifs (C(OH)–C–C–N with tert-alkyl or cyclic N) is 1. The molecule has 174 valence electrons. The van der Waals surface area contributed by atoms with Gasteiger partial charge in [-0.2, -0.15) is 4.68 Å². The fourth-order valence-electron chi connectivity index (χ4n) is 4.43. The van der Waals surface area contributed by atoms with E-state index in [1.165, 1.54) is 11.0 Å². The van der Waals surface area contributed by atoms with Crippen molar-refractivity contribution < 1.29 is 24.2 Å². The molecule has 2 aromatic rings. The van der Waals surface area contributed by atoms with Gasteiger partial charge in [-0.25, -0.2) is 14.8 Å². The summed E-state index contributed by atoms with van der Waals surface area (Å²) in [4.78, 5) is 37.2. The van der Waals surface area contributed by atoms with Crippen molar-refractivity contribution in [2.24, 2.45) is 0 Å². The number of ether oxygens (including phenoxy) is 2. The first-order valence-electron chi connectivity index (χ1n) is 10.8. The van der Waals surface area contributed by atoms with Gasteiger partial charge in [0.2, 0.25) is 0 Å². The van der Waals surface area contributed by atoms with E-state index in [1.807, 2.05) is 0 Å². The number of aromatic nitrogens is 6. The van der Waals surface area contributed by atoms with Crippen LogP contribution in [0.25, 0.3) is 5.95 Å². The van der Waals surface area contributed by atoms with Crippen molar-refractivity contribution in [3.8, 4) is 5.95 Å². The second-order valence-electron chi connectivity index (χ2n) is 8.33. The normalized spacial score (nSPS) is 22.2. The molecule has 5 heterocycles. The molecule has 5 rings (SSSR count). The number of amides is 1. The Hall–Kier alpha value is -3.29. The van der Waals surface area contributed by atoms with Crippen molar-refractivity contribution in [1.82, 2.24) is 40.0 Å². The molecule has 0 aliphatic carbocycles. The Balaban J connectivity index is 1.20. The fourth-order valence-corrected chi connectivity index (χ4v) is 4.43. The maximum atomic E-state index is 13.3. The summed E-state index contributed by atoms with van der Waals surface area (Å²) >= 11 is 0. The lowest BCUT2D eigenvalue weighted by molar-refractivity contribution is -0.177. The Morgan fingerprint density at radius 2 is 1.94 bits per heavy atom. The van der Waals surface area contributed by atoms with E-state index in [0.717, 1.165) is 0 Å². The van der Waals surface area contributed by atoms with Gasteiger partial charge in [-0.1, -0.05) is 0 Å². The number of likely N-dealkylation sites (tertiary alicyclic amines) is 1. The predicted molar refractivity (Wildman–Crippen MR) is 109 cm³/mol. The SMILES string of the molecule is CC1=C(N2CCOC3(CCN(CC(O)c4cnc(-n5cnnn5)nc4)CC3)C2=O)COC1=O. The van der Waals surface area contributed by atoms with Crippen LogP contribution < -0.4 is 0 Å². The average Bonchev–Trinajstić information content (AvgIpc) is 3.48. The zero-order valence-corrected chi connectivity index (χ0v) is 18.1. The molecular formula is C20H24N8O5. The van der Waals surface area contributed by atoms with E-state index < -0.39 is 11.7 Å².